The average Bonchev–Trinajstić information content (AvgIpc) is 3.19. The molecule has 2 amide bonds. The fourth-order valence-electron chi connectivity index (χ4n) is 2.27. The first-order valence-corrected chi connectivity index (χ1v) is 8.34. The summed E-state index contributed by atoms with van der Waals surface area (Å²) >= 11 is 0. The number of benzene rings is 1. The Morgan fingerprint density at radius 1 is 1.18 bits per heavy atom. The van der Waals surface area contributed by atoms with E-state index in [-0.39, 0.29) is 23.1 Å². The smallest absolute Gasteiger partial charge is 0.329 e. The van der Waals surface area contributed by atoms with Crippen molar-refractivity contribution in [3.8, 4) is 0 Å². The van der Waals surface area contributed by atoms with Gasteiger partial charge in [-0.05, 0) is 24.1 Å². The van der Waals surface area contributed by atoms with Crippen LogP contribution in [-0.2, 0) is 14.3 Å². The number of hydrogen-bond acceptors (Lipinski definition) is 7. The molecule has 1 unspecified atom stereocenters. The monoisotopic (exact) mass is 389 g/mol. The first-order chi connectivity index (χ1) is 13.3. The summed E-state index contributed by atoms with van der Waals surface area (Å²) in [6.45, 7) is 2.73. The molecular weight excluding hydrogens is 370 g/mol. The molecule has 2 N–H and O–H groups in total. The van der Waals surface area contributed by atoms with Crippen LogP contribution in [0.2, 0.25) is 0 Å². The van der Waals surface area contributed by atoms with E-state index < -0.39 is 35.4 Å². The lowest BCUT2D eigenvalue weighted by Gasteiger charge is -2.20. The molecule has 2 aromatic rings. The van der Waals surface area contributed by atoms with E-state index in [0.29, 0.717) is 0 Å². The molecule has 0 bridgehead atoms. The van der Waals surface area contributed by atoms with Gasteiger partial charge in [-0.25, -0.2) is 4.79 Å². The van der Waals surface area contributed by atoms with Gasteiger partial charge in [0.05, 0.1) is 11.2 Å². The highest BCUT2D eigenvalue weighted by atomic mass is 16.6. The number of para-hydroxylation sites is 2. The maximum atomic E-state index is 12.3. The van der Waals surface area contributed by atoms with Crippen molar-refractivity contribution in [2.45, 2.75) is 19.9 Å². The molecule has 0 spiro atoms. The molecule has 1 aromatic heterocycles. The van der Waals surface area contributed by atoms with Crippen molar-refractivity contribution in [3.05, 3.63) is 58.5 Å². The summed E-state index contributed by atoms with van der Waals surface area (Å²) < 4.78 is 9.92. The van der Waals surface area contributed by atoms with Crippen molar-refractivity contribution in [2.24, 2.45) is 5.92 Å². The van der Waals surface area contributed by atoms with Gasteiger partial charge < -0.3 is 19.8 Å². The molecule has 0 radical (unpaired) electrons. The van der Waals surface area contributed by atoms with E-state index in [0.717, 1.165) is 0 Å². The number of nitro benzene ring substituents is 1. The van der Waals surface area contributed by atoms with Crippen molar-refractivity contribution >= 4 is 29.2 Å². The Labute approximate surface area is 160 Å². The molecule has 10 heteroatoms. The van der Waals surface area contributed by atoms with E-state index in [1.807, 2.05) is 0 Å². The van der Waals surface area contributed by atoms with Crippen molar-refractivity contribution in [1.82, 2.24) is 5.32 Å². The highest BCUT2D eigenvalue weighted by Crippen LogP contribution is 2.22. The Morgan fingerprint density at radius 3 is 2.50 bits per heavy atom. The van der Waals surface area contributed by atoms with E-state index in [1.165, 1.54) is 42.7 Å². The fourth-order valence-corrected chi connectivity index (χ4v) is 2.27. The average molecular weight is 389 g/mol. The maximum Gasteiger partial charge on any atom is 0.329 e. The second-order valence-electron chi connectivity index (χ2n) is 6.10. The van der Waals surface area contributed by atoms with Crippen molar-refractivity contribution in [1.29, 1.82) is 0 Å². The molecule has 10 nitrogen and oxygen atoms in total. The topological polar surface area (TPSA) is 141 Å². The summed E-state index contributed by atoms with van der Waals surface area (Å²) in [7, 11) is 0. The molecule has 148 valence electrons. The number of carbonyl (C=O) groups is 3. The summed E-state index contributed by atoms with van der Waals surface area (Å²) in [5.74, 6) is -2.43. The lowest BCUT2D eigenvalue weighted by atomic mass is 10.0. The van der Waals surface area contributed by atoms with Gasteiger partial charge in [-0.15, -0.1) is 0 Å². The molecule has 0 saturated carbocycles. The number of furan rings is 1. The Kier molecular flexibility index (Phi) is 6.85. The molecule has 1 aromatic carbocycles. The zero-order valence-electron chi connectivity index (χ0n) is 15.2. The van der Waals surface area contributed by atoms with E-state index >= 15 is 0 Å². The summed E-state index contributed by atoms with van der Waals surface area (Å²) in [6.07, 6.45) is 1.32. The SMILES string of the molecule is CC(C)C(NC(=O)c1ccco1)C(=O)OCC(=O)Nc1ccccc1[N+](=O)[O-]. The first kappa shape index (κ1) is 20.6. The first-order valence-electron chi connectivity index (χ1n) is 8.34. The summed E-state index contributed by atoms with van der Waals surface area (Å²) in [5, 5.41) is 15.8. The van der Waals surface area contributed by atoms with Crippen LogP contribution in [0, 0.1) is 16.0 Å². The number of nitrogens with zero attached hydrogens (tertiary/aromatic N) is 1. The number of hydrogen-bond donors (Lipinski definition) is 2. The highest BCUT2D eigenvalue weighted by molar-refractivity contribution is 5.96. The number of rotatable bonds is 8. The molecule has 2 rings (SSSR count). The number of anilines is 1. The number of carbonyl (C=O) groups excluding carboxylic acids is 3. The Morgan fingerprint density at radius 2 is 1.89 bits per heavy atom. The number of nitrogens with one attached hydrogen (secondary N) is 2. The van der Waals surface area contributed by atoms with Crippen molar-refractivity contribution < 1.29 is 28.5 Å². The minimum Gasteiger partial charge on any atom is -0.459 e. The Bertz CT molecular complexity index is 862. The Balaban J connectivity index is 1.94. The maximum absolute atomic E-state index is 12.3. The van der Waals surface area contributed by atoms with E-state index in [4.69, 9.17) is 9.15 Å². The van der Waals surface area contributed by atoms with Gasteiger partial charge in [0.15, 0.2) is 12.4 Å². The molecule has 0 aliphatic carbocycles. The van der Waals surface area contributed by atoms with Gasteiger partial charge >= 0.3 is 5.97 Å². The number of ether oxygens (including phenoxy) is 1. The lowest BCUT2D eigenvalue weighted by Crippen LogP contribution is -2.45. The highest BCUT2D eigenvalue weighted by Gasteiger charge is 2.27. The van der Waals surface area contributed by atoms with E-state index in [1.54, 1.807) is 13.8 Å². The van der Waals surface area contributed by atoms with Crippen LogP contribution in [0.5, 0.6) is 0 Å². The van der Waals surface area contributed by atoms with Crippen molar-refractivity contribution in [2.75, 3.05) is 11.9 Å². The standard InChI is InChI=1S/C18H19N3O7/c1-11(2)16(20-17(23)14-8-5-9-27-14)18(24)28-10-15(22)19-12-6-3-4-7-13(12)21(25)26/h3-9,11,16H,10H2,1-2H3,(H,19,22)(H,20,23). The number of esters is 1. The molecule has 1 heterocycles. The zero-order chi connectivity index (χ0) is 20.7. The predicted octanol–water partition coefficient (Wildman–Crippen LogP) is 2.12. The van der Waals surface area contributed by atoms with Crippen LogP contribution in [0.1, 0.15) is 24.4 Å². The largest absolute Gasteiger partial charge is 0.459 e. The molecule has 0 saturated heterocycles. The third-order valence-electron chi connectivity index (χ3n) is 3.67. The summed E-state index contributed by atoms with van der Waals surface area (Å²) in [4.78, 5) is 46.6. The zero-order valence-corrected chi connectivity index (χ0v) is 15.2. The number of amides is 2. The third kappa shape index (κ3) is 5.40. The van der Waals surface area contributed by atoms with E-state index in [9.17, 15) is 24.5 Å². The molecule has 1 atom stereocenters. The number of nitro groups is 1. The molecule has 0 aliphatic rings. The molecular formula is C18H19N3O7. The second-order valence-corrected chi connectivity index (χ2v) is 6.10. The van der Waals surface area contributed by atoms with Gasteiger partial charge in [-0.1, -0.05) is 26.0 Å². The van der Waals surface area contributed by atoms with Crippen molar-refractivity contribution in [3.63, 3.8) is 0 Å². The molecule has 28 heavy (non-hydrogen) atoms. The quantitative estimate of drug-likeness (QED) is 0.400. The van der Waals surface area contributed by atoms with Gasteiger partial charge in [-0.3, -0.25) is 19.7 Å². The molecule has 0 fully saturated rings. The van der Waals surface area contributed by atoms with Gasteiger partial charge in [0.2, 0.25) is 0 Å². The van der Waals surface area contributed by atoms with Gasteiger partial charge in [-0.2, -0.15) is 0 Å². The minimum absolute atomic E-state index is 0.0138. The molecule has 0 aliphatic heterocycles. The van der Waals surface area contributed by atoms with Gasteiger partial charge in [0, 0.05) is 6.07 Å². The van der Waals surface area contributed by atoms with Gasteiger partial charge in [0.1, 0.15) is 11.7 Å². The second kappa shape index (κ2) is 9.31. The van der Waals surface area contributed by atoms with Gasteiger partial charge in [0.25, 0.3) is 17.5 Å². The van der Waals surface area contributed by atoms with Crippen LogP contribution in [0.4, 0.5) is 11.4 Å². The normalized spacial score (nSPS) is 11.5. The van der Waals surface area contributed by atoms with Crippen LogP contribution in [0.3, 0.4) is 0 Å². The summed E-state index contributed by atoms with van der Waals surface area (Å²) in [6, 6.07) is 7.55. The Hall–Kier alpha value is -3.69. The third-order valence-corrected chi connectivity index (χ3v) is 3.67. The van der Waals surface area contributed by atoms with Crippen LogP contribution < -0.4 is 10.6 Å². The fraction of sp³-hybridized carbons (Fsp3) is 0.278. The van der Waals surface area contributed by atoms with Crippen LogP contribution >= 0.6 is 0 Å². The predicted molar refractivity (Wildman–Crippen MR) is 97.5 cm³/mol. The van der Waals surface area contributed by atoms with Crippen LogP contribution in [-0.4, -0.2) is 35.4 Å². The lowest BCUT2D eigenvalue weighted by molar-refractivity contribution is -0.383. The van der Waals surface area contributed by atoms with Crippen LogP contribution in [0.15, 0.2) is 47.1 Å². The summed E-state index contributed by atoms with van der Waals surface area (Å²) in [5.41, 5.74) is -0.298. The minimum atomic E-state index is -1.00. The van der Waals surface area contributed by atoms with E-state index in [2.05, 4.69) is 10.6 Å². The van der Waals surface area contributed by atoms with Crippen LogP contribution in [0.25, 0.3) is 0 Å².